The second-order valence-electron chi connectivity index (χ2n) is 4.65. The standard InChI is InChI=1S/C14H18N2O3/c1-11-5-6-16(14(17)12(11)10-15)7-9-19-13-4-2-3-8-18-13/h5-6,13H,2-4,7-9H2,1H3/t13-/m1/s1. The molecule has 0 spiro atoms. The molecule has 19 heavy (non-hydrogen) atoms. The Morgan fingerprint density at radius 2 is 2.42 bits per heavy atom. The van der Waals surface area contributed by atoms with Gasteiger partial charge in [-0.05, 0) is 37.8 Å². The summed E-state index contributed by atoms with van der Waals surface area (Å²) in [4.78, 5) is 12.0. The second-order valence-corrected chi connectivity index (χ2v) is 4.65. The number of hydrogen-bond acceptors (Lipinski definition) is 4. The van der Waals surface area contributed by atoms with Crippen LogP contribution >= 0.6 is 0 Å². The largest absolute Gasteiger partial charge is 0.353 e. The fourth-order valence-corrected chi connectivity index (χ4v) is 2.10. The molecule has 2 heterocycles. The van der Waals surface area contributed by atoms with Crippen LogP contribution in [0.3, 0.4) is 0 Å². The second kappa shape index (κ2) is 6.50. The first kappa shape index (κ1) is 13.8. The third kappa shape index (κ3) is 3.43. The molecule has 1 aromatic rings. The lowest BCUT2D eigenvalue weighted by Crippen LogP contribution is -2.28. The van der Waals surface area contributed by atoms with Crippen molar-refractivity contribution in [2.45, 2.75) is 39.0 Å². The summed E-state index contributed by atoms with van der Waals surface area (Å²) in [5.74, 6) is 0. The van der Waals surface area contributed by atoms with E-state index in [0.29, 0.717) is 18.7 Å². The molecule has 1 aliphatic heterocycles. The molecule has 1 aliphatic rings. The SMILES string of the molecule is Cc1ccn(CCO[C@@H]2CCCCO2)c(=O)c1C#N. The third-order valence-electron chi connectivity index (χ3n) is 3.26. The van der Waals surface area contributed by atoms with Crippen LogP contribution in [0.4, 0.5) is 0 Å². The monoisotopic (exact) mass is 262 g/mol. The van der Waals surface area contributed by atoms with Gasteiger partial charge in [0.25, 0.3) is 5.56 Å². The molecule has 0 aliphatic carbocycles. The first-order chi connectivity index (χ1) is 9.22. The van der Waals surface area contributed by atoms with Gasteiger partial charge in [-0.2, -0.15) is 5.26 Å². The lowest BCUT2D eigenvalue weighted by molar-refractivity contribution is -0.163. The van der Waals surface area contributed by atoms with Gasteiger partial charge in [0.1, 0.15) is 11.6 Å². The van der Waals surface area contributed by atoms with Gasteiger partial charge < -0.3 is 14.0 Å². The number of pyridine rings is 1. The Labute approximate surface area is 112 Å². The van der Waals surface area contributed by atoms with Crippen LogP contribution < -0.4 is 5.56 Å². The van der Waals surface area contributed by atoms with Crippen LogP contribution in [-0.2, 0) is 16.0 Å². The van der Waals surface area contributed by atoms with Crippen LogP contribution in [0.1, 0.15) is 30.4 Å². The maximum absolute atomic E-state index is 12.0. The maximum atomic E-state index is 12.0. The van der Waals surface area contributed by atoms with Crippen molar-refractivity contribution in [3.05, 3.63) is 33.7 Å². The number of aromatic nitrogens is 1. The van der Waals surface area contributed by atoms with Crippen LogP contribution in [0.2, 0.25) is 0 Å². The molecular weight excluding hydrogens is 244 g/mol. The molecule has 0 N–H and O–H groups in total. The fraction of sp³-hybridized carbons (Fsp3) is 0.571. The average molecular weight is 262 g/mol. The summed E-state index contributed by atoms with van der Waals surface area (Å²) >= 11 is 0. The molecule has 5 heteroatoms. The Hall–Kier alpha value is -1.64. The first-order valence-corrected chi connectivity index (χ1v) is 6.55. The molecule has 0 saturated carbocycles. The van der Waals surface area contributed by atoms with Gasteiger partial charge in [-0.25, -0.2) is 0 Å². The smallest absolute Gasteiger partial charge is 0.268 e. The highest BCUT2D eigenvalue weighted by atomic mass is 16.7. The van der Waals surface area contributed by atoms with E-state index in [2.05, 4.69) is 0 Å². The van der Waals surface area contributed by atoms with E-state index in [0.717, 1.165) is 25.9 Å². The zero-order chi connectivity index (χ0) is 13.7. The zero-order valence-corrected chi connectivity index (χ0v) is 11.1. The predicted octanol–water partition coefficient (Wildman–Crippen LogP) is 1.57. The molecule has 1 atom stereocenters. The molecule has 5 nitrogen and oxygen atoms in total. The molecule has 0 bridgehead atoms. The van der Waals surface area contributed by atoms with Crippen LogP contribution in [0.5, 0.6) is 0 Å². The summed E-state index contributed by atoms with van der Waals surface area (Å²) in [6, 6.07) is 3.72. The Morgan fingerprint density at radius 1 is 1.58 bits per heavy atom. The number of rotatable bonds is 4. The minimum absolute atomic E-state index is 0.148. The van der Waals surface area contributed by atoms with Crippen molar-refractivity contribution in [2.24, 2.45) is 0 Å². The van der Waals surface area contributed by atoms with Gasteiger partial charge in [-0.1, -0.05) is 0 Å². The normalized spacial score (nSPS) is 19.1. The van der Waals surface area contributed by atoms with E-state index in [-0.39, 0.29) is 17.4 Å². The Kier molecular flexibility index (Phi) is 4.72. The molecule has 0 amide bonds. The van der Waals surface area contributed by atoms with Crippen molar-refractivity contribution in [2.75, 3.05) is 13.2 Å². The quantitative estimate of drug-likeness (QED) is 0.826. The Morgan fingerprint density at radius 3 is 3.11 bits per heavy atom. The van der Waals surface area contributed by atoms with Crippen molar-refractivity contribution >= 4 is 0 Å². The van der Waals surface area contributed by atoms with Crippen molar-refractivity contribution in [1.29, 1.82) is 5.26 Å². The molecular formula is C14H18N2O3. The number of nitrogens with zero attached hydrogens (tertiary/aromatic N) is 2. The Bertz CT molecular complexity index is 524. The lowest BCUT2D eigenvalue weighted by atomic mass is 10.2. The van der Waals surface area contributed by atoms with Crippen molar-refractivity contribution in [3.63, 3.8) is 0 Å². The average Bonchev–Trinajstić information content (AvgIpc) is 2.43. The number of hydrogen-bond donors (Lipinski definition) is 0. The number of aryl methyl sites for hydroxylation is 1. The molecule has 0 aromatic carbocycles. The molecule has 0 unspecified atom stereocenters. The fourth-order valence-electron chi connectivity index (χ4n) is 2.10. The van der Waals surface area contributed by atoms with Gasteiger partial charge >= 0.3 is 0 Å². The number of ether oxygens (including phenoxy) is 2. The third-order valence-corrected chi connectivity index (χ3v) is 3.26. The van der Waals surface area contributed by atoms with Gasteiger partial charge in [0.2, 0.25) is 0 Å². The van der Waals surface area contributed by atoms with Crippen LogP contribution in [-0.4, -0.2) is 24.1 Å². The summed E-state index contributed by atoms with van der Waals surface area (Å²) in [5, 5.41) is 8.94. The molecule has 2 rings (SSSR count). The van der Waals surface area contributed by atoms with Crippen LogP contribution in [0.15, 0.2) is 17.1 Å². The summed E-state index contributed by atoms with van der Waals surface area (Å²) in [6.07, 6.45) is 4.66. The zero-order valence-electron chi connectivity index (χ0n) is 11.1. The van der Waals surface area contributed by atoms with E-state index >= 15 is 0 Å². The molecule has 1 saturated heterocycles. The predicted molar refractivity (Wildman–Crippen MR) is 69.7 cm³/mol. The molecule has 1 aromatic heterocycles. The summed E-state index contributed by atoms with van der Waals surface area (Å²) in [5.41, 5.74) is 0.660. The summed E-state index contributed by atoms with van der Waals surface area (Å²) in [6.45, 7) is 3.36. The van der Waals surface area contributed by atoms with Gasteiger partial charge in [-0.3, -0.25) is 4.79 Å². The van der Waals surface area contributed by atoms with Gasteiger partial charge in [-0.15, -0.1) is 0 Å². The van der Waals surface area contributed by atoms with Crippen LogP contribution in [0, 0.1) is 18.3 Å². The van der Waals surface area contributed by atoms with E-state index in [1.54, 1.807) is 19.2 Å². The minimum Gasteiger partial charge on any atom is -0.353 e. The molecule has 0 radical (unpaired) electrons. The summed E-state index contributed by atoms with van der Waals surface area (Å²) < 4.78 is 12.5. The topological polar surface area (TPSA) is 64.2 Å². The highest BCUT2D eigenvalue weighted by Gasteiger charge is 2.14. The van der Waals surface area contributed by atoms with Crippen LogP contribution in [0.25, 0.3) is 0 Å². The van der Waals surface area contributed by atoms with Gasteiger partial charge in [0, 0.05) is 19.3 Å². The lowest BCUT2D eigenvalue weighted by Gasteiger charge is -2.22. The van der Waals surface area contributed by atoms with E-state index < -0.39 is 0 Å². The van der Waals surface area contributed by atoms with Crippen molar-refractivity contribution in [1.82, 2.24) is 4.57 Å². The molecule has 102 valence electrons. The van der Waals surface area contributed by atoms with E-state index in [4.69, 9.17) is 14.7 Å². The molecule has 1 fully saturated rings. The minimum atomic E-state index is -0.254. The van der Waals surface area contributed by atoms with Crippen molar-refractivity contribution in [3.8, 4) is 6.07 Å². The van der Waals surface area contributed by atoms with E-state index in [1.165, 1.54) is 4.57 Å². The van der Waals surface area contributed by atoms with Gasteiger partial charge in [0.15, 0.2) is 6.29 Å². The van der Waals surface area contributed by atoms with E-state index in [9.17, 15) is 4.79 Å². The van der Waals surface area contributed by atoms with Crippen molar-refractivity contribution < 1.29 is 9.47 Å². The highest BCUT2D eigenvalue weighted by Crippen LogP contribution is 2.13. The summed E-state index contributed by atoms with van der Waals surface area (Å²) in [7, 11) is 0. The highest BCUT2D eigenvalue weighted by molar-refractivity contribution is 5.33. The Balaban J connectivity index is 1.93. The first-order valence-electron chi connectivity index (χ1n) is 6.55. The maximum Gasteiger partial charge on any atom is 0.268 e. The van der Waals surface area contributed by atoms with E-state index in [1.807, 2.05) is 6.07 Å². The van der Waals surface area contributed by atoms with Gasteiger partial charge in [0.05, 0.1) is 6.61 Å². The number of nitriles is 1.